The first kappa shape index (κ1) is 12.0. The van der Waals surface area contributed by atoms with E-state index in [0.29, 0.717) is 0 Å². The van der Waals surface area contributed by atoms with E-state index in [9.17, 15) is 0 Å². The average Bonchev–Trinajstić information content (AvgIpc) is 2.67. The van der Waals surface area contributed by atoms with Gasteiger partial charge in [-0.25, -0.2) is 9.13 Å². The minimum Gasteiger partial charge on any atom is -1.00 e. The van der Waals surface area contributed by atoms with Crippen molar-refractivity contribution in [2.24, 2.45) is 0 Å². The molecule has 0 saturated carbocycles. The monoisotopic (exact) mass is 266 g/mol. The fourth-order valence-electron chi connectivity index (χ4n) is 1.45. The van der Waals surface area contributed by atoms with Gasteiger partial charge in [-0.1, -0.05) is 17.7 Å². The molecule has 1 heterocycles. The molecule has 2 rings (SSSR count). The lowest BCUT2D eigenvalue weighted by Gasteiger charge is -1.95. The van der Waals surface area contributed by atoms with E-state index in [4.69, 9.17) is 0 Å². The highest BCUT2D eigenvalue weighted by atomic mass is 79.9. The van der Waals surface area contributed by atoms with Gasteiger partial charge < -0.3 is 17.0 Å². The summed E-state index contributed by atoms with van der Waals surface area (Å²) in [6, 6.07) is 8.53. The topological polar surface area (TPSA) is 8.81 Å². The van der Waals surface area contributed by atoms with Crippen molar-refractivity contribution in [3.05, 3.63) is 48.5 Å². The maximum Gasteiger partial charge on any atom is 0.248 e. The van der Waals surface area contributed by atoms with Gasteiger partial charge >= 0.3 is 0 Å². The lowest BCUT2D eigenvalue weighted by atomic mass is 10.2. The van der Waals surface area contributed by atoms with Gasteiger partial charge in [-0.05, 0) is 26.0 Å². The Hall–Kier alpha value is -1.09. The highest BCUT2D eigenvalue weighted by Gasteiger charge is 2.03. The van der Waals surface area contributed by atoms with Crippen LogP contribution in [0.5, 0.6) is 0 Å². The summed E-state index contributed by atoms with van der Waals surface area (Å²) < 4.78 is 4.28. The van der Waals surface area contributed by atoms with Crippen LogP contribution in [0.25, 0.3) is 5.69 Å². The van der Waals surface area contributed by atoms with Crippen LogP contribution in [0.15, 0.2) is 43.0 Å². The number of halogens is 1. The van der Waals surface area contributed by atoms with Crippen LogP contribution in [0.4, 0.5) is 0 Å². The Morgan fingerprint density at radius 3 is 2.40 bits per heavy atom. The summed E-state index contributed by atoms with van der Waals surface area (Å²) in [7, 11) is 0. The number of hydrogen-bond acceptors (Lipinski definition) is 0. The summed E-state index contributed by atoms with van der Waals surface area (Å²) in [5, 5.41) is 0. The molecule has 1 aromatic carbocycles. The van der Waals surface area contributed by atoms with E-state index >= 15 is 0 Å². The normalized spacial score (nSPS) is 9.73. The van der Waals surface area contributed by atoms with Gasteiger partial charge in [-0.15, -0.1) is 0 Å². The quantitative estimate of drug-likeness (QED) is 0.623. The molecule has 0 saturated heterocycles. The van der Waals surface area contributed by atoms with E-state index in [-0.39, 0.29) is 17.0 Å². The molecular formula is C12H15BrN2. The molecule has 0 N–H and O–H groups in total. The third-order valence-electron chi connectivity index (χ3n) is 2.39. The Morgan fingerprint density at radius 1 is 1.20 bits per heavy atom. The summed E-state index contributed by atoms with van der Waals surface area (Å²) in [5.74, 6) is 0. The van der Waals surface area contributed by atoms with E-state index in [0.717, 1.165) is 6.54 Å². The van der Waals surface area contributed by atoms with Gasteiger partial charge in [0, 0.05) is 0 Å². The summed E-state index contributed by atoms with van der Waals surface area (Å²) in [6.07, 6.45) is 6.26. The molecule has 15 heavy (non-hydrogen) atoms. The van der Waals surface area contributed by atoms with Crippen LogP contribution in [0.3, 0.4) is 0 Å². The van der Waals surface area contributed by atoms with Crippen molar-refractivity contribution in [2.45, 2.75) is 20.4 Å². The number of benzene rings is 1. The molecule has 0 aliphatic heterocycles. The molecule has 2 nitrogen and oxygen atoms in total. The highest BCUT2D eigenvalue weighted by molar-refractivity contribution is 5.33. The first-order chi connectivity index (χ1) is 6.79. The average molecular weight is 267 g/mol. The number of nitrogens with zero attached hydrogens (tertiary/aromatic N) is 2. The Kier molecular flexibility index (Phi) is 4.09. The van der Waals surface area contributed by atoms with E-state index in [1.165, 1.54) is 11.3 Å². The third-order valence-corrected chi connectivity index (χ3v) is 2.39. The van der Waals surface area contributed by atoms with Crippen LogP contribution in [-0.4, -0.2) is 4.57 Å². The van der Waals surface area contributed by atoms with Gasteiger partial charge in [0.25, 0.3) is 0 Å². The Labute approximate surface area is 101 Å². The second-order valence-corrected chi connectivity index (χ2v) is 3.49. The smallest absolute Gasteiger partial charge is 0.248 e. The van der Waals surface area contributed by atoms with Crippen LogP contribution in [0.2, 0.25) is 0 Å². The number of imidazole rings is 1. The van der Waals surface area contributed by atoms with Crippen molar-refractivity contribution in [1.82, 2.24) is 4.57 Å². The van der Waals surface area contributed by atoms with Gasteiger partial charge in [0.2, 0.25) is 6.33 Å². The molecule has 0 aliphatic rings. The molecule has 0 unspecified atom stereocenters. The number of aryl methyl sites for hydroxylation is 2. The summed E-state index contributed by atoms with van der Waals surface area (Å²) in [4.78, 5) is 0. The molecule has 2 aromatic rings. The van der Waals surface area contributed by atoms with Crippen LogP contribution in [-0.2, 0) is 6.54 Å². The molecule has 1 aromatic heterocycles. The molecule has 0 atom stereocenters. The second-order valence-electron chi connectivity index (χ2n) is 3.49. The Bertz CT molecular complexity index is 417. The largest absolute Gasteiger partial charge is 1.00 e. The van der Waals surface area contributed by atoms with E-state index < -0.39 is 0 Å². The predicted molar refractivity (Wildman–Crippen MR) is 56.4 cm³/mol. The minimum atomic E-state index is 0. The zero-order chi connectivity index (χ0) is 9.97. The SMILES string of the molecule is CC[n+]1ccn(-c2ccc(C)cc2)c1.[Br-]. The van der Waals surface area contributed by atoms with Crippen LogP contribution >= 0.6 is 0 Å². The molecule has 0 amide bonds. The lowest BCUT2D eigenvalue weighted by molar-refractivity contribution is -0.692. The van der Waals surface area contributed by atoms with Crippen molar-refractivity contribution < 1.29 is 21.5 Å². The fraction of sp³-hybridized carbons (Fsp3) is 0.250. The van der Waals surface area contributed by atoms with Crippen molar-refractivity contribution in [3.63, 3.8) is 0 Å². The van der Waals surface area contributed by atoms with Crippen LogP contribution < -0.4 is 21.5 Å². The molecule has 0 bridgehead atoms. The van der Waals surface area contributed by atoms with E-state index in [2.05, 4.69) is 66.0 Å². The first-order valence-corrected chi connectivity index (χ1v) is 4.93. The van der Waals surface area contributed by atoms with Gasteiger partial charge in [0.1, 0.15) is 18.1 Å². The van der Waals surface area contributed by atoms with Crippen molar-refractivity contribution in [2.75, 3.05) is 0 Å². The second kappa shape index (κ2) is 5.12. The third kappa shape index (κ3) is 2.69. The van der Waals surface area contributed by atoms with Gasteiger partial charge in [0.15, 0.2) is 0 Å². The predicted octanol–water partition coefficient (Wildman–Crippen LogP) is -0.903. The lowest BCUT2D eigenvalue weighted by Crippen LogP contribution is -3.00. The molecule has 0 fully saturated rings. The summed E-state index contributed by atoms with van der Waals surface area (Å²) in [6.45, 7) is 5.25. The number of hydrogen-bond donors (Lipinski definition) is 0. The molecular weight excluding hydrogens is 252 g/mol. The van der Waals surface area contributed by atoms with Gasteiger partial charge in [0.05, 0.1) is 6.54 Å². The summed E-state index contributed by atoms with van der Waals surface area (Å²) in [5.41, 5.74) is 2.51. The Balaban J connectivity index is 0.00000112. The maximum absolute atomic E-state index is 2.15. The molecule has 0 aliphatic carbocycles. The number of rotatable bonds is 2. The van der Waals surface area contributed by atoms with E-state index in [1.807, 2.05) is 0 Å². The van der Waals surface area contributed by atoms with Crippen molar-refractivity contribution in [3.8, 4) is 5.69 Å². The molecule has 3 heteroatoms. The fourth-order valence-corrected chi connectivity index (χ4v) is 1.45. The molecule has 80 valence electrons. The van der Waals surface area contributed by atoms with Gasteiger partial charge in [-0.3, -0.25) is 0 Å². The van der Waals surface area contributed by atoms with Crippen molar-refractivity contribution >= 4 is 0 Å². The minimum absolute atomic E-state index is 0. The number of aromatic nitrogens is 2. The standard InChI is InChI=1S/C12H15N2.BrH/c1-3-13-8-9-14(10-13)12-6-4-11(2)5-7-12;/h4-10H,3H2,1-2H3;1H/q+1;/p-1. The van der Waals surface area contributed by atoms with Crippen molar-refractivity contribution in [1.29, 1.82) is 0 Å². The van der Waals surface area contributed by atoms with Crippen LogP contribution in [0, 0.1) is 6.92 Å². The highest BCUT2D eigenvalue weighted by Crippen LogP contribution is 2.07. The zero-order valence-corrected chi connectivity index (χ0v) is 10.6. The van der Waals surface area contributed by atoms with E-state index in [1.54, 1.807) is 0 Å². The maximum atomic E-state index is 2.15. The molecule has 0 spiro atoms. The first-order valence-electron chi connectivity index (χ1n) is 4.93. The van der Waals surface area contributed by atoms with Gasteiger partial charge in [-0.2, -0.15) is 0 Å². The molecule has 0 radical (unpaired) electrons. The summed E-state index contributed by atoms with van der Waals surface area (Å²) >= 11 is 0. The zero-order valence-electron chi connectivity index (χ0n) is 9.02. The van der Waals surface area contributed by atoms with Crippen LogP contribution in [0.1, 0.15) is 12.5 Å². The Morgan fingerprint density at radius 2 is 1.87 bits per heavy atom.